The lowest BCUT2D eigenvalue weighted by atomic mass is 10.0. The Morgan fingerprint density at radius 3 is 2.92 bits per heavy atom. The van der Waals surface area contributed by atoms with E-state index >= 15 is 0 Å². The predicted molar refractivity (Wildman–Crippen MR) is 40.1 cm³/mol. The van der Waals surface area contributed by atoms with Gasteiger partial charge >= 0.3 is 0 Å². The Morgan fingerprint density at radius 2 is 2.42 bits per heavy atom. The van der Waals surface area contributed by atoms with E-state index in [1.54, 1.807) is 0 Å². The molecule has 0 aromatic heterocycles. The first kappa shape index (κ1) is 9.28. The molecule has 6 heteroatoms. The van der Waals surface area contributed by atoms with Gasteiger partial charge in [-0.1, -0.05) is 5.11 Å². The van der Waals surface area contributed by atoms with Gasteiger partial charge in [-0.25, -0.2) is 0 Å². The molecule has 3 atom stereocenters. The zero-order valence-corrected chi connectivity index (χ0v) is 6.71. The molecule has 0 bridgehead atoms. The van der Waals surface area contributed by atoms with Gasteiger partial charge in [0.1, 0.15) is 0 Å². The Labute approximate surface area is 69.4 Å². The maximum absolute atomic E-state index is 9.33. The Morgan fingerprint density at radius 1 is 1.75 bits per heavy atom. The summed E-state index contributed by atoms with van der Waals surface area (Å²) in [7, 11) is 0. The Kier molecular flexibility index (Phi) is 2.54. The second kappa shape index (κ2) is 3.28. The van der Waals surface area contributed by atoms with E-state index in [1.165, 1.54) is 6.92 Å². The normalized spacial score (nSPS) is 41.9. The van der Waals surface area contributed by atoms with Gasteiger partial charge in [0.25, 0.3) is 0 Å². The third kappa shape index (κ3) is 2.09. The molecule has 0 radical (unpaired) electrons. The highest BCUT2D eigenvalue weighted by molar-refractivity contribution is 4.84. The molecular weight excluding hydrogens is 162 g/mol. The maximum atomic E-state index is 9.33. The number of hydrogen-bond acceptors (Lipinski definition) is 4. The minimum absolute atomic E-state index is 0.0538. The first-order chi connectivity index (χ1) is 5.55. The lowest BCUT2D eigenvalue weighted by Crippen LogP contribution is -2.46. The second-order valence-electron chi connectivity index (χ2n) is 3.03. The molecule has 1 aliphatic heterocycles. The molecule has 6 nitrogen and oxygen atoms in total. The van der Waals surface area contributed by atoms with Crippen molar-refractivity contribution in [2.75, 3.05) is 6.61 Å². The fraction of sp³-hybridized carbons (Fsp3) is 1.00. The van der Waals surface area contributed by atoms with Crippen LogP contribution in [0, 0.1) is 0 Å². The van der Waals surface area contributed by atoms with Crippen LogP contribution in [0.3, 0.4) is 0 Å². The molecule has 0 aromatic carbocycles. The number of aliphatic hydroxyl groups is 2. The molecule has 1 heterocycles. The van der Waals surface area contributed by atoms with E-state index in [1.807, 2.05) is 0 Å². The van der Waals surface area contributed by atoms with Crippen molar-refractivity contribution in [2.24, 2.45) is 5.11 Å². The van der Waals surface area contributed by atoms with Crippen molar-refractivity contribution in [3.8, 4) is 0 Å². The van der Waals surface area contributed by atoms with Gasteiger partial charge in [-0.2, -0.15) is 0 Å². The third-order valence-electron chi connectivity index (χ3n) is 1.80. The van der Waals surface area contributed by atoms with Gasteiger partial charge in [-0.15, -0.1) is 0 Å². The van der Waals surface area contributed by atoms with E-state index < -0.39 is 17.9 Å². The zero-order valence-electron chi connectivity index (χ0n) is 6.71. The molecule has 1 fully saturated rings. The zero-order chi connectivity index (χ0) is 9.19. The molecule has 0 unspecified atom stereocenters. The van der Waals surface area contributed by atoms with E-state index in [2.05, 4.69) is 10.0 Å². The van der Waals surface area contributed by atoms with Crippen LogP contribution in [0.2, 0.25) is 0 Å². The number of hydrogen-bond donors (Lipinski definition) is 2. The molecule has 1 aliphatic rings. The summed E-state index contributed by atoms with van der Waals surface area (Å²) in [6.45, 7) is 1.51. The quantitative estimate of drug-likeness (QED) is 0.335. The van der Waals surface area contributed by atoms with Crippen LogP contribution in [0.4, 0.5) is 0 Å². The van der Waals surface area contributed by atoms with Crippen LogP contribution in [0.25, 0.3) is 10.4 Å². The van der Waals surface area contributed by atoms with Crippen LogP contribution >= 0.6 is 0 Å². The summed E-state index contributed by atoms with van der Waals surface area (Å²) in [5, 5.41) is 22.0. The van der Waals surface area contributed by atoms with Crippen molar-refractivity contribution in [1.29, 1.82) is 0 Å². The van der Waals surface area contributed by atoms with Crippen LogP contribution < -0.4 is 0 Å². The van der Waals surface area contributed by atoms with Crippen LogP contribution in [0.1, 0.15) is 13.3 Å². The molecule has 1 saturated heterocycles. The topological polar surface area (TPSA) is 98.5 Å². The number of rotatable bonds is 1. The second-order valence-corrected chi connectivity index (χ2v) is 3.03. The summed E-state index contributed by atoms with van der Waals surface area (Å²) in [5.74, 6) is -1.30. The highest BCUT2D eigenvalue weighted by atomic mass is 16.6. The lowest BCUT2D eigenvalue weighted by Gasteiger charge is -2.34. The first-order valence-electron chi connectivity index (χ1n) is 3.64. The van der Waals surface area contributed by atoms with Crippen LogP contribution in [-0.4, -0.2) is 34.8 Å². The highest BCUT2D eigenvalue weighted by Gasteiger charge is 2.35. The van der Waals surface area contributed by atoms with Gasteiger partial charge in [-0.05, 0) is 12.5 Å². The molecule has 1 rings (SSSR count). The number of aliphatic hydroxyl groups excluding tert-OH is 1. The molecule has 0 spiro atoms. The van der Waals surface area contributed by atoms with Crippen LogP contribution in [0.5, 0.6) is 0 Å². The average molecular weight is 173 g/mol. The van der Waals surface area contributed by atoms with Gasteiger partial charge in [0.15, 0.2) is 5.79 Å². The third-order valence-corrected chi connectivity index (χ3v) is 1.80. The highest BCUT2D eigenvalue weighted by Crippen LogP contribution is 2.23. The van der Waals surface area contributed by atoms with E-state index in [0.717, 1.165) is 0 Å². The molecule has 0 saturated carbocycles. The smallest absolute Gasteiger partial charge is 0.165 e. The van der Waals surface area contributed by atoms with Crippen molar-refractivity contribution in [2.45, 2.75) is 31.3 Å². The standard InChI is InChI=1S/C6H11N3O3/c1-6(11)2-5(10)4(3-12-6)8-9-7/h4-5,10-11H,2-3H2,1H3/t4-,5+,6-/m1/s1. The predicted octanol–water partition coefficient (Wildman–Crippen LogP) is 0.155. The van der Waals surface area contributed by atoms with E-state index in [9.17, 15) is 10.2 Å². The average Bonchev–Trinajstić information content (AvgIpc) is 1.94. The van der Waals surface area contributed by atoms with Gasteiger partial charge in [0.05, 0.1) is 18.8 Å². The molecule has 0 aromatic rings. The van der Waals surface area contributed by atoms with Crippen molar-refractivity contribution in [3.63, 3.8) is 0 Å². The first-order valence-corrected chi connectivity index (χ1v) is 3.64. The molecule has 2 N–H and O–H groups in total. The monoisotopic (exact) mass is 173 g/mol. The van der Waals surface area contributed by atoms with Crippen molar-refractivity contribution >= 4 is 0 Å². The van der Waals surface area contributed by atoms with E-state index in [4.69, 9.17) is 10.3 Å². The molecule has 12 heavy (non-hydrogen) atoms. The van der Waals surface area contributed by atoms with E-state index in [0.29, 0.717) is 0 Å². The summed E-state index contributed by atoms with van der Waals surface area (Å²) >= 11 is 0. The van der Waals surface area contributed by atoms with Gasteiger partial charge in [0, 0.05) is 11.3 Å². The largest absolute Gasteiger partial charge is 0.392 e. The van der Waals surface area contributed by atoms with Crippen LogP contribution in [0.15, 0.2) is 5.11 Å². The molecule has 0 aliphatic carbocycles. The minimum Gasteiger partial charge on any atom is -0.392 e. The molecular formula is C6H11N3O3. The SMILES string of the molecule is C[C@]1(O)C[C@H](O)[C@H](N=[N+]=[N-])CO1. The maximum Gasteiger partial charge on any atom is 0.165 e. The summed E-state index contributed by atoms with van der Waals surface area (Å²) in [6, 6.07) is -0.588. The number of nitrogens with zero attached hydrogens (tertiary/aromatic N) is 3. The fourth-order valence-electron chi connectivity index (χ4n) is 1.14. The molecule has 68 valence electrons. The lowest BCUT2D eigenvalue weighted by molar-refractivity contribution is -0.236. The van der Waals surface area contributed by atoms with Gasteiger partial charge in [-0.3, -0.25) is 0 Å². The Balaban J connectivity index is 2.59. The van der Waals surface area contributed by atoms with E-state index in [-0.39, 0.29) is 13.0 Å². The molecule has 0 amide bonds. The number of ether oxygens (including phenoxy) is 1. The number of azide groups is 1. The van der Waals surface area contributed by atoms with Crippen molar-refractivity contribution in [1.82, 2.24) is 0 Å². The van der Waals surface area contributed by atoms with Crippen LogP contribution in [-0.2, 0) is 4.74 Å². The summed E-state index contributed by atoms with van der Waals surface area (Å²) < 4.78 is 4.93. The summed E-state index contributed by atoms with van der Waals surface area (Å²) in [6.07, 6.45) is -0.763. The fourth-order valence-corrected chi connectivity index (χ4v) is 1.14. The summed E-state index contributed by atoms with van der Waals surface area (Å²) in [4.78, 5) is 2.56. The Hall–Kier alpha value is -0.810. The minimum atomic E-state index is -1.30. The van der Waals surface area contributed by atoms with Gasteiger partial charge < -0.3 is 14.9 Å². The Bertz CT molecular complexity index is 212. The summed E-state index contributed by atoms with van der Waals surface area (Å²) in [5.41, 5.74) is 8.10. The van der Waals surface area contributed by atoms with Crippen molar-refractivity contribution in [3.05, 3.63) is 10.4 Å². The van der Waals surface area contributed by atoms with Crippen molar-refractivity contribution < 1.29 is 14.9 Å². The van der Waals surface area contributed by atoms with Gasteiger partial charge in [0.2, 0.25) is 0 Å².